The topological polar surface area (TPSA) is 75.7 Å². The van der Waals surface area contributed by atoms with Crippen LogP contribution >= 0.6 is 0 Å². The molecule has 15 heavy (non-hydrogen) atoms. The van der Waals surface area contributed by atoms with Crippen LogP contribution in [0.15, 0.2) is 24.8 Å². The normalized spacial score (nSPS) is 9.93. The second-order valence-corrected chi connectivity index (χ2v) is 2.85. The summed E-state index contributed by atoms with van der Waals surface area (Å²) in [6.45, 7) is 0.604. The number of methoxy groups -OCH3 is 1. The van der Waals surface area contributed by atoms with Crippen LogP contribution in [-0.2, 0) is 6.54 Å². The molecule has 0 spiro atoms. The molecule has 0 aromatic carbocycles. The number of aromatic amines is 1. The summed E-state index contributed by atoms with van der Waals surface area (Å²) in [6, 6.07) is 1.70. The highest BCUT2D eigenvalue weighted by atomic mass is 16.5. The lowest BCUT2D eigenvalue weighted by molar-refractivity contribution is 0.397. The molecular weight excluding hydrogens is 194 g/mol. The summed E-state index contributed by atoms with van der Waals surface area (Å²) in [6.07, 6.45) is 5.01. The van der Waals surface area contributed by atoms with Gasteiger partial charge in [-0.2, -0.15) is 4.98 Å². The van der Waals surface area contributed by atoms with Crippen molar-refractivity contribution >= 4 is 5.95 Å². The highest BCUT2D eigenvalue weighted by molar-refractivity contribution is 5.27. The summed E-state index contributed by atoms with van der Waals surface area (Å²) < 4.78 is 4.98. The molecule has 6 heteroatoms. The quantitative estimate of drug-likeness (QED) is 0.772. The van der Waals surface area contributed by atoms with Gasteiger partial charge in [0.05, 0.1) is 25.7 Å². The third-order valence-corrected chi connectivity index (χ3v) is 1.83. The number of imidazole rings is 1. The van der Waals surface area contributed by atoms with Crippen LogP contribution < -0.4 is 10.1 Å². The van der Waals surface area contributed by atoms with Crippen LogP contribution in [-0.4, -0.2) is 27.0 Å². The molecule has 0 amide bonds. The molecule has 2 aromatic heterocycles. The van der Waals surface area contributed by atoms with E-state index in [-0.39, 0.29) is 0 Å². The van der Waals surface area contributed by atoms with E-state index in [4.69, 9.17) is 4.74 Å². The Hall–Kier alpha value is -2.11. The Morgan fingerprint density at radius 3 is 3.20 bits per heavy atom. The Kier molecular flexibility index (Phi) is 2.77. The lowest BCUT2D eigenvalue weighted by atomic mass is 10.5. The van der Waals surface area contributed by atoms with E-state index < -0.39 is 0 Å². The molecule has 2 N–H and O–H groups in total. The molecule has 6 nitrogen and oxygen atoms in total. The number of aromatic nitrogens is 4. The fourth-order valence-corrected chi connectivity index (χ4v) is 1.10. The lowest BCUT2D eigenvalue weighted by Crippen LogP contribution is -2.04. The molecule has 0 radical (unpaired) electrons. The number of rotatable bonds is 4. The van der Waals surface area contributed by atoms with E-state index in [0.717, 1.165) is 5.69 Å². The van der Waals surface area contributed by atoms with Gasteiger partial charge in [0.25, 0.3) is 0 Å². The smallest absolute Gasteiger partial charge is 0.226 e. The Bertz CT molecular complexity index is 414. The fourth-order valence-electron chi connectivity index (χ4n) is 1.10. The Balaban J connectivity index is 1.98. The molecule has 0 fully saturated rings. The molecule has 0 bridgehead atoms. The monoisotopic (exact) mass is 205 g/mol. The van der Waals surface area contributed by atoms with E-state index in [0.29, 0.717) is 18.4 Å². The van der Waals surface area contributed by atoms with Gasteiger partial charge in [-0.05, 0) is 0 Å². The molecular formula is C9H11N5O. The zero-order valence-electron chi connectivity index (χ0n) is 8.27. The summed E-state index contributed by atoms with van der Waals surface area (Å²) in [7, 11) is 1.57. The molecule has 0 saturated heterocycles. The van der Waals surface area contributed by atoms with Gasteiger partial charge in [-0.1, -0.05) is 0 Å². The summed E-state index contributed by atoms with van der Waals surface area (Å²) >= 11 is 0. The number of hydrogen-bond donors (Lipinski definition) is 2. The summed E-state index contributed by atoms with van der Waals surface area (Å²) in [4.78, 5) is 15.0. The summed E-state index contributed by atoms with van der Waals surface area (Å²) in [5, 5.41) is 3.05. The van der Waals surface area contributed by atoms with Crippen molar-refractivity contribution in [3.63, 3.8) is 0 Å². The van der Waals surface area contributed by atoms with E-state index in [2.05, 4.69) is 25.3 Å². The largest absolute Gasteiger partial charge is 0.481 e. The molecule has 78 valence electrons. The molecule has 2 heterocycles. The molecule has 0 aliphatic rings. The van der Waals surface area contributed by atoms with Gasteiger partial charge in [-0.25, -0.2) is 9.97 Å². The highest BCUT2D eigenvalue weighted by Gasteiger charge is 1.99. The van der Waals surface area contributed by atoms with E-state index in [1.54, 1.807) is 31.9 Å². The summed E-state index contributed by atoms with van der Waals surface area (Å²) in [5.74, 6) is 1.07. The fraction of sp³-hybridized carbons (Fsp3) is 0.222. The third kappa shape index (κ3) is 2.43. The molecule has 0 aliphatic carbocycles. The van der Waals surface area contributed by atoms with Crippen LogP contribution in [0.1, 0.15) is 5.69 Å². The Labute approximate surface area is 86.7 Å². The van der Waals surface area contributed by atoms with E-state index in [9.17, 15) is 0 Å². The summed E-state index contributed by atoms with van der Waals surface area (Å²) in [5.41, 5.74) is 0.974. The van der Waals surface area contributed by atoms with Crippen LogP contribution in [0.5, 0.6) is 5.88 Å². The van der Waals surface area contributed by atoms with Gasteiger partial charge in [-0.3, -0.25) is 0 Å². The van der Waals surface area contributed by atoms with Crippen LogP contribution in [0.3, 0.4) is 0 Å². The van der Waals surface area contributed by atoms with Crippen molar-refractivity contribution < 1.29 is 4.74 Å². The highest BCUT2D eigenvalue weighted by Crippen LogP contribution is 2.07. The van der Waals surface area contributed by atoms with E-state index >= 15 is 0 Å². The number of H-pyrrole nitrogens is 1. The average Bonchev–Trinajstić information content (AvgIpc) is 2.79. The Morgan fingerprint density at radius 2 is 2.47 bits per heavy atom. The standard InChI is InChI=1S/C9H11N5O/c1-15-8-2-3-11-9(14-8)12-5-7-4-10-6-13-7/h2-4,6H,5H2,1H3,(H,10,13)(H,11,12,14). The van der Waals surface area contributed by atoms with Crippen molar-refractivity contribution in [3.8, 4) is 5.88 Å². The van der Waals surface area contributed by atoms with Crippen molar-refractivity contribution in [1.82, 2.24) is 19.9 Å². The first kappa shape index (κ1) is 9.45. The minimum Gasteiger partial charge on any atom is -0.481 e. The number of nitrogens with zero attached hydrogens (tertiary/aromatic N) is 3. The van der Waals surface area contributed by atoms with Crippen molar-refractivity contribution in [3.05, 3.63) is 30.5 Å². The van der Waals surface area contributed by atoms with Gasteiger partial charge < -0.3 is 15.0 Å². The average molecular weight is 205 g/mol. The molecule has 0 unspecified atom stereocenters. The number of anilines is 1. The molecule has 0 atom stereocenters. The number of hydrogen-bond acceptors (Lipinski definition) is 5. The van der Waals surface area contributed by atoms with Crippen molar-refractivity contribution in [1.29, 1.82) is 0 Å². The second kappa shape index (κ2) is 4.41. The maximum Gasteiger partial charge on any atom is 0.226 e. The SMILES string of the molecule is COc1ccnc(NCc2cnc[nH]2)n1. The zero-order valence-corrected chi connectivity index (χ0v) is 8.27. The second-order valence-electron chi connectivity index (χ2n) is 2.85. The predicted molar refractivity (Wildman–Crippen MR) is 54.5 cm³/mol. The third-order valence-electron chi connectivity index (χ3n) is 1.83. The lowest BCUT2D eigenvalue weighted by Gasteiger charge is -2.03. The van der Waals surface area contributed by atoms with Crippen molar-refractivity contribution in [2.75, 3.05) is 12.4 Å². The van der Waals surface area contributed by atoms with Gasteiger partial charge in [0, 0.05) is 18.5 Å². The van der Waals surface area contributed by atoms with Crippen molar-refractivity contribution in [2.24, 2.45) is 0 Å². The van der Waals surface area contributed by atoms with Crippen LogP contribution in [0.4, 0.5) is 5.95 Å². The predicted octanol–water partition coefficient (Wildman–Crippen LogP) is 0.820. The Morgan fingerprint density at radius 1 is 1.53 bits per heavy atom. The molecule has 2 rings (SSSR count). The van der Waals surface area contributed by atoms with Crippen LogP contribution in [0.2, 0.25) is 0 Å². The van der Waals surface area contributed by atoms with Crippen molar-refractivity contribution in [2.45, 2.75) is 6.54 Å². The first-order valence-corrected chi connectivity index (χ1v) is 4.46. The minimum atomic E-state index is 0.531. The van der Waals surface area contributed by atoms with E-state index in [1.807, 2.05) is 0 Å². The van der Waals surface area contributed by atoms with Gasteiger partial charge in [0.2, 0.25) is 11.8 Å². The maximum atomic E-state index is 4.98. The van der Waals surface area contributed by atoms with Gasteiger partial charge in [0.15, 0.2) is 0 Å². The van der Waals surface area contributed by atoms with Crippen LogP contribution in [0.25, 0.3) is 0 Å². The van der Waals surface area contributed by atoms with Crippen LogP contribution in [0, 0.1) is 0 Å². The first-order valence-electron chi connectivity index (χ1n) is 4.46. The molecule has 2 aromatic rings. The van der Waals surface area contributed by atoms with Gasteiger partial charge in [0.1, 0.15) is 0 Å². The zero-order chi connectivity index (χ0) is 10.5. The van der Waals surface area contributed by atoms with Gasteiger partial charge in [-0.15, -0.1) is 0 Å². The maximum absolute atomic E-state index is 4.98. The number of nitrogens with one attached hydrogen (secondary N) is 2. The van der Waals surface area contributed by atoms with Gasteiger partial charge >= 0.3 is 0 Å². The minimum absolute atomic E-state index is 0.531. The number of ether oxygens (including phenoxy) is 1. The first-order chi connectivity index (χ1) is 7.38. The molecule has 0 saturated carbocycles. The molecule has 0 aliphatic heterocycles. The van der Waals surface area contributed by atoms with E-state index in [1.165, 1.54) is 0 Å².